The zero-order chi connectivity index (χ0) is 13.4. The minimum Gasteiger partial charge on any atom is -0.310 e. The summed E-state index contributed by atoms with van der Waals surface area (Å²) in [5.74, 6) is -0.672. The second-order valence-electron chi connectivity index (χ2n) is 5.76. The third kappa shape index (κ3) is 2.65. The SMILES string of the molecule is CC(c1cc(F)ccc1F)N1CCC2CCC(C1)N2. The molecule has 0 saturated carbocycles. The zero-order valence-corrected chi connectivity index (χ0v) is 11.2. The lowest BCUT2D eigenvalue weighted by molar-refractivity contribution is 0.196. The van der Waals surface area contributed by atoms with Gasteiger partial charge in [-0.2, -0.15) is 0 Å². The quantitative estimate of drug-likeness (QED) is 0.885. The Bertz CT molecular complexity index is 463. The van der Waals surface area contributed by atoms with Crippen LogP contribution in [0.1, 0.15) is 37.8 Å². The molecule has 0 aromatic heterocycles. The lowest BCUT2D eigenvalue weighted by Crippen LogP contribution is -2.37. The Morgan fingerprint density at radius 3 is 2.84 bits per heavy atom. The first-order chi connectivity index (χ1) is 9.13. The van der Waals surface area contributed by atoms with Gasteiger partial charge in [0.2, 0.25) is 0 Å². The summed E-state index contributed by atoms with van der Waals surface area (Å²) in [5.41, 5.74) is 0.470. The van der Waals surface area contributed by atoms with Crippen LogP contribution in [0.25, 0.3) is 0 Å². The van der Waals surface area contributed by atoms with Crippen molar-refractivity contribution in [1.29, 1.82) is 0 Å². The van der Waals surface area contributed by atoms with Crippen LogP contribution < -0.4 is 5.32 Å². The number of fused-ring (bicyclic) bond motifs is 2. The van der Waals surface area contributed by atoms with Gasteiger partial charge in [0.15, 0.2) is 0 Å². The molecule has 3 rings (SSSR count). The Hall–Kier alpha value is -1.00. The molecule has 19 heavy (non-hydrogen) atoms. The van der Waals surface area contributed by atoms with E-state index in [-0.39, 0.29) is 17.7 Å². The average Bonchev–Trinajstić information content (AvgIpc) is 2.71. The van der Waals surface area contributed by atoms with Gasteiger partial charge in [0.25, 0.3) is 0 Å². The Balaban J connectivity index is 1.79. The Labute approximate surface area is 112 Å². The van der Waals surface area contributed by atoms with Crippen LogP contribution in [0.2, 0.25) is 0 Å². The van der Waals surface area contributed by atoms with Crippen molar-refractivity contribution < 1.29 is 8.78 Å². The van der Waals surface area contributed by atoms with E-state index in [1.54, 1.807) is 0 Å². The molecule has 4 heteroatoms. The summed E-state index contributed by atoms with van der Waals surface area (Å²) in [6.45, 7) is 3.84. The van der Waals surface area contributed by atoms with E-state index in [9.17, 15) is 8.78 Å². The van der Waals surface area contributed by atoms with Gasteiger partial charge < -0.3 is 5.32 Å². The van der Waals surface area contributed by atoms with E-state index in [0.717, 1.165) is 19.5 Å². The minimum absolute atomic E-state index is 0.0724. The smallest absolute Gasteiger partial charge is 0.128 e. The zero-order valence-electron chi connectivity index (χ0n) is 11.2. The van der Waals surface area contributed by atoms with Gasteiger partial charge in [-0.05, 0) is 44.4 Å². The van der Waals surface area contributed by atoms with Gasteiger partial charge in [-0.15, -0.1) is 0 Å². The molecule has 2 saturated heterocycles. The highest BCUT2D eigenvalue weighted by atomic mass is 19.1. The molecule has 2 nitrogen and oxygen atoms in total. The molecular formula is C15H20F2N2. The summed E-state index contributed by atoms with van der Waals surface area (Å²) in [6, 6.07) is 4.78. The summed E-state index contributed by atoms with van der Waals surface area (Å²) in [4.78, 5) is 2.27. The predicted molar refractivity (Wildman–Crippen MR) is 70.9 cm³/mol. The highest BCUT2D eigenvalue weighted by Gasteiger charge is 2.31. The predicted octanol–water partition coefficient (Wildman–Crippen LogP) is 2.85. The maximum absolute atomic E-state index is 13.9. The van der Waals surface area contributed by atoms with E-state index in [1.807, 2.05) is 6.92 Å². The Kier molecular flexibility index (Phi) is 3.54. The summed E-state index contributed by atoms with van der Waals surface area (Å²) < 4.78 is 27.2. The van der Waals surface area contributed by atoms with Crippen LogP contribution >= 0.6 is 0 Å². The number of halogens is 2. The number of hydrogen-bond donors (Lipinski definition) is 1. The molecule has 2 aliphatic heterocycles. The number of benzene rings is 1. The Morgan fingerprint density at radius 1 is 1.21 bits per heavy atom. The lowest BCUT2D eigenvalue weighted by Gasteiger charge is -2.30. The van der Waals surface area contributed by atoms with E-state index in [4.69, 9.17) is 0 Å². The van der Waals surface area contributed by atoms with Gasteiger partial charge in [0, 0.05) is 36.8 Å². The fourth-order valence-corrected chi connectivity index (χ4v) is 3.35. The van der Waals surface area contributed by atoms with Crippen molar-refractivity contribution in [2.24, 2.45) is 0 Å². The first kappa shape index (κ1) is 13.0. The highest BCUT2D eigenvalue weighted by molar-refractivity contribution is 5.22. The van der Waals surface area contributed by atoms with Crippen molar-refractivity contribution in [2.75, 3.05) is 13.1 Å². The van der Waals surface area contributed by atoms with Crippen molar-refractivity contribution in [2.45, 2.75) is 44.3 Å². The van der Waals surface area contributed by atoms with E-state index < -0.39 is 0 Å². The molecule has 0 aliphatic carbocycles. The third-order valence-corrected chi connectivity index (χ3v) is 4.51. The molecule has 1 aromatic rings. The summed E-state index contributed by atoms with van der Waals surface area (Å²) in [7, 11) is 0. The van der Waals surface area contributed by atoms with Crippen LogP contribution in [0.4, 0.5) is 8.78 Å². The van der Waals surface area contributed by atoms with Gasteiger partial charge in [-0.25, -0.2) is 8.78 Å². The maximum atomic E-state index is 13.9. The first-order valence-corrected chi connectivity index (χ1v) is 7.08. The molecular weight excluding hydrogens is 246 g/mol. The van der Waals surface area contributed by atoms with Crippen LogP contribution in [0, 0.1) is 11.6 Å². The van der Waals surface area contributed by atoms with Crippen LogP contribution in [-0.4, -0.2) is 30.1 Å². The summed E-state index contributed by atoms with van der Waals surface area (Å²) in [6.07, 6.45) is 3.54. The van der Waals surface area contributed by atoms with E-state index in [2.05, 4.69) is 10.2 Å². The van der Waals surface area contributed by atoms with Gasteiger partial charge in [0.05, 0.1) is 0 Å². The van der Waals surface area contributed by atoms with Crippen molar-refractivity contribution >= 4 is 0 Å². The molecule has 2 bridgehead atoms. The van der Waals surface area contributed by atoms with Crippen LogP contribution in [-0.2, 0) is 0 Å². The summed E-state index contributed by atoms with van der Waals surface area (Å²) >= 11 is 0. The number of likely N-dealkylation sites (tertiary alicyclic amines) is 1. The van der Waals surface area contributed by atoms with Crippen molar-refractivity contribution in [3.63, 3.8) is 0 Å². The molecule has 2 heterocycles. The summed E-state index contributed by atoms with van der Waals surface area (Å²) in [5, 5.41) is 3.61. The Morgan fingerprint density at radius 2 is 2.00 bits per heavy atom. The topological polar surface area (TPSA) is 15.3 Å². The second kappa shape index (κ2) is 5.17. The van der Waals surface area contributed by atoms with Crippen LogP contribution in [0.15, 0.2) is 18.2 Å². The number of nitrogens with zero attached hydrogens (tertiary/aromatic N) is 1. The molecule has 0 radical (unpaired) electrons. The molecule has 0 amide bonds. The number of nitrogens with one attached hydrogen (secondary N) is 1. The average molecular weight is 266 g/mol. The fraction of sp³-hybridized carbons (Fsp3) is 0.600. The number of hydrogen-bond acceptors (Lipinski definition) is 2. The molecule has 3 atom stereocenters. The molecule has 104 valence electrons. The second-order valence-corrected chi connectivity index (χ2v) is 5.76. The lowest BCUT2D eigenvalue weighted by atomic mass is 10.0. The fourth-order valence-electron chi connectivity index (χ4n) is 3.35. The monoisotopic (exact) mass is 266 g/mol. The normalized spacial score (nSPS) is 29.2. The van der Waals surface area contributed by atoms with E-state index in [0.29, 0.717) is 17.6 Å². The van der Waals surface area contributed by atoms with Gasteiger partial charge in [-0.1, -0.05) is 0 Å². The molecule has 0 spiro atoms. The molecule has 3 unspecified atom stereocenters. The van der Waals surface area contributed by atoms with E-state index in [1.165, 1.54) is 31.0 Å². The maximum Gasteiger partial charge on any atom is 0.128 e. The highest BCUT2D eigenvalue weighted by Crippen LogP contribution is 2.28. The molecule has 1 N–H and O–H groups in total. The first-order valence-electron chi connectivity index (χ1n) is 7.08. The van der Waals surface area contributed by atoms with E-state index >= 15 is 0 Å². The van der Waals surface area contributed by atoms with Crippen molar-refractivity contribution in [1.82, 2.24) is 10.2 Å². The van der Waals surface area contributed by atoms with Crippen molar-refractivity contribution in [3.05, 3.63) is 35.4 Å². The molecule has 1 aromatic carbocycles. The molecule has 2 aliphatic rings. The molecule has 2 fully saturated rings. The standard InChI is InChI=1S/C15H20F2N2/c1-10(14-8-11(16)2-5-15(14)17)19-7-6-12-3-4-13(9-19)18-12/h2,5,8,10,12-13,18H,3-4,6-7,9H2,1H3. The minimum atomic E-state index is -0.363. The van der Waals surface area contributed by atoms with Gasteiger partial charge in [-0.3, -0.25) is 4.90 Å². The van der Waals surface area contributed by atoms with Crippen LogP contribution in [0.5, 0.6) is 0 Å². The third-order valence-electron chi connectivity index (χ3n) is 4.51. The van der Waals surface area contributed by atoms with Gasteiger partial charge >= 0.3 is 0 Å². The largest absolute Gasteiger partial charge is 0.310 e. The van der Waals surface area contributed by atoms with Gasteiger partial charge in [0.1, 0.15) is 11.6 Å². The van der Waals surface area contributed by atoms with Crippen LogP contribution in [0.3, 0.4) is 0 Å². The van der Waals surface area contributed by atoms with Crippen molar-refractivity contribution in [3.8, 4) is 0 Å². The number of rotatable bonds is 2.